The number of hydroxylamine groups is 3. The highest BCUT2D eigenvalue weighted by atomic mass is 19.1. The van der Waals surface area contributed by atoms with Crippen LogP contribution in [0, 0.1) is 29.4 Å². The summed E-state index contributed by atoms with van der Waals surface area (Å²) in [6.07, 6.45) is 5.23. The highest BCUT2D eigenvalue weighted by Gasteiger charge is 2.54. The molecule has 5 aliphatic heterocycles. The summed E-state index contributed by atoms with van der Waals surface area (Å²) in [6.45, 7) is 1.99. The van der Waals surface area contributed by atoms with Crippen LogP contribution in [0.1, 0.15) is 56.0 Å². The van der Waals surface area contributed by atoms with Crippen LogP contribution in [0.15, 0.2) is 66.9 Å². The second-order valence-electron chi connectivity index (χ2n) is 17.1. The predicted molar refractivity (Wildman–Crippen MR) is 214 cm³/mol. The van der Waals surface area contributed by atoms with Crippen molar-refractivity contribution in [3.63, 3.8) is 0 Å². The fraction of sp³-hybridized carbons (Fsp3) is 0.523. The molecule has 6 atom stereocenters. The zero-order chi connectivity index (χ0) is 42.7. The smallest absolute Gasteiger partial charge is 0.407 e. The number of aromatic nitrogens is 2. The number of urea groups is 1. The average molecular weight is 849 g/mol. The lowest BCUT2D eigenvalue weighted by Gasteiger charge is -2.41. The maximum atomic E-state index is 16.2. The highest BCUT2D eigenvalue weighted by Crippen LogP contribution is 2.41. The third-order valence-electron chi connectivity index (χ3n) is 12.8. The van der Waals surface area contributed by atoms with Crippen molar-refractivity contribution >= 4 is 23.9 Å². The number of nitrogens with zero attached hydrogens (tertiary/aromatic N) is 6. The number of rotatable bonds is 14. The van der Waals surface area contributed by atoms with Crippen LogP contribution in [0.2, 0.25) is 0 Å². The summed E-state index contributed by atoms with van der Waals surface area (Å²) in [5.41, 5.74) is 1.08. The molecule has 0 radical (unpaired) electrons. The van der Waals surface area contributed by atoms with Crippen molar-refractivity contribution in [2.75, 3.05) is 65.6 Å². The van der Waals surface area contributed by atoms with E-state index in [4.69, 9.17) is 14.5 Å². The van der Waals surface area contributed by atoms with Crippen molar-refractivity contribution in [2.45, 2.75) is 63.4 Å². The number of alkyl carbamates (subject to hydrolysis) is 1. The standard InChI is InChI=1S/C44H52F3N7O7/c45-33-10-11-35(46)34(20-33)37-24-50(21-29-8-4-3-5-9-29)42(49-37)41(30-14-18-60-19-15-30)53-23-31-26-54(59,28-36(31)47)27-32-22-51(44(53)58)25-38(32)61-43(57)48-16-6-1-2-7-17-52-39(55)12-13-40(52)56/h3-5,8-13,20,24,30-32,36,38,41,59H,1-2,6-7,14-19,21-23,25-28H2/p+1/t31-,32+,36+,38+,41-,54?/m1/s1. The van der Waals surface area contributed by atoms with Gasteiger partial charge in [0.05, 0.1) is 30.1 Å². The molecule has 14 nitrogen and oxygen atoms in total. The van der Waals surface area contributed by atoms with Gasteiger partial charge < -0.3 is 29.2 Å². The molecule has 0 aliphatic carbocycles. The first-order chi connectivity index (χ1) is 29.4. The van der Waals surface area contributed by atoms with Crippen molar-refractivity contribution in [3.8, 4) is 11.3 Å². The molecule has 4 fully saturated rings. The maximum absolute atomic E-state index is 16.2. The van der Waals surface area contributed by atoms with E-state index in [0.29, 0.717) is 64.4 Å². The van der Waals surface area contributed by atoms with Crippen molar-refractivity contribution in [1.29, 1.82) is 0 Å². The normalized spacial score (nSPS) is 26.0. The molecular weight excluding hydrogens is 796 g/mol. The van der Waals surface area contributed by atoms with E-state index in [-0.39, 0.29) is 74.3 Å². The first-order valence-electron chi connectivity index (χ1n) is 21.4. The largest absolute Gasteiger partial charge is 0.444 e. The van der Waals surface area contributed by atoms with Gasteiger partial charge in [-0.3, -0.25) is 14.5 Å². The Labute approximate surface area is 352 Å². The number of ether oxygens (including phenoxy) is 2. The molecule has 4 saturated heterocycles. The van der Waals surface area contributed by atoms with Crippen LogP contribution in [-0.4, -0.2) is 136 Å². The molecule has 5 aliphatic rings. The van der Waals surface area contributed by atoms with Crippen LogP contribution in [0.25, 0.3) is 11.3 Å². The van der Waals surface area contributed by atoms with Gasteiger partial charge in [-0.2, -0.15) is 4.65 Å². The molecule has 0 spiro atoms. The van der Waals surface area contributed by atoms with Crippen LogP contribution >= 0.6 is 0 Å². The van der Waals surface area contributed by atoms with Gasteiger partial charge in [-0.25, -0.2) is 33.0 Å². The summed E-state index contributed by atoms with van der Waals surface area (Å²) in [4.78, 5) is 61.3. The Kier molecular flexibility index (Phi) is 12.8. The topological polar surface area (TPSA) is 147 Å². The van der Waals surface area contributed by atoms with Gasteiger partial charge in [-0.15, -0.1) is 0 Å². The molecule has 2 N–H and O–H groups in total. The first kappa shape index (κ1) is 42.4. The van der Waals surface area contributed by atoms with Gasteiger partial charge in [0, 0.05) is 69.8 Å². The number of amides is 5. The Morgan fingerprint density at radius 3 is 2.44 bits per heavy atom. The summed E-state index contributed by atoms with van der Waals surface area (Å²) < 4.78 is 59.1. The number of imide groups is 1. The van der Waals surface area contributed by atoms with Crippen LogP contribution in [0.5, 0.6) is 0 Å². The summed E-state index contributed by atoms with van der Waals surface area (Å²) in [5, 5.41) is 14.6. The van der Waals surface area contributed by atoms with E-state index < -0.39 is 52.5 Å². The number of fused-ring (bicyclic) bond motifs is 4. The molecule has 61 heavy (non-hydrogen) atoms. The Morgan fingerprint density at radius 1 is 0.934 bits per heavy atom. The lowest BCUT2D eigenvalue weighted by molar-refractivity contribution is -1.10. The molecule has 6 heterocycles. The van der Waals surface area contributed by atoms with Gasteiger partial charge in [0.1, 0.15) is 43.2 Å². The van der Waals surface area contributed by atoms with E-state index in [2.05, 4.69) is 5.32 Å². The molecule has 17 heteroatoms. The number of hydrogen-bond acceptors (Lipinski definition) is 8. The Balaban J connectivity index is 1.04. The van der Waals surface area contributed by atoms with Gasteiger partial charge in [-0.1, -0.05) is 43.2 Å². The molecule has 3 aromatic rings. The van der Waals surface area contributed by atoms with Crippen molar-refractivity contribution < 1.29 is 51.7 Å². The summed E-state index contributed by atoms with van der Waals surface area (Å²) in [6, 6.07) is 11.7. The predicted octanol–water partition coefficient (Wildman–Crippen LogP) is 5.47. The maximum Gasteiger partial charge on any atom is 0.407 e. The molecule has 1 unspecified atom stereocenters. The second kappa shape index (κ2) is 18.4. The van der Waals surface area contributed by atoms with Gasteiger partial charge >= 0.3 is 12.1 Å². The zero-order valence-electron chi connectivity index (χ0n) is 34.0. The van der Waals surface area contributed by atoms with Crippen molar-refractivity contribution in [3.05, 3.63) is 89.9 Å². The number of nitrogens with one attached hydrogen (secondary N) is 1. The number of halogens is 3. The molecule has 5 amide bonds. The van der Waals surface area contributed by atoms with Crippen molar-refractivity contribution in [1.82, 2.24) is 29.6 Å². The minimum absolute atomic E-state index is 0.0284. The summed E-state index contributed by atoms with van der Waals surface area (Å²) in [7, 11) is 0. The van der Waals surface area contributed by atoms with Crippen LogP contribution in [0.3, 0.4) is 0 Å². The molecule has 4 bridgehead atoms. The number of carbonyl (C=O) groups excluding carboxylic acids is 4. The first-order valence-corrected chi connectivity index (χ1v) is 21.4. The number of hydrogen-bond donors (Lipinski definition) is 2. The SMILES string of the molecule is O=C(NCCCCCCN1C(=O)C=CC1=O)O[C@H]1CN2C[C@H]1C[N+]1(O)C[C@@H](CN([C@@H](c3nc(-c4cc(F)ccc4F)cn3Cc3ccccc3)C3CCOCC3)C2=O)[C@@H](F)C1. The van der Waals surface area contributed by atoms with E-state index in [9.17, 15) is 24.0 Å². The van der Waals surface area contributed by atoms with E-state index in [1.54, 1.807) is 16.0 Å². The molecule has 1 aromatic heterocycles. The fourth-order valence-corrected chi connectivity index (χ4v) is 9.71. The minimum Gasteiger partial charge on any atom is -0.444 e. The van der Waals surface area contributed by atoms with Gasteiger partial charge in [0.25, 0.3) is 11.8 Å². The van der Waals surface area contributed by atoms with Gasteiger partial charge in [0.15, 0.2) is 6.17 Å². The fourth-order valence-electron chi connectivity index (χ4n) is 9.71. The highest BCUT2D eigenvalue weighted by molar-refractivity contribution is 6.12. The summed E-state index contributed by atoms with van der Waals surface area (Å²) in [5.74, 6) is -2.86. The van der Waals surface area contributed by atoms with Crippen LogP contribution < -0.4 is 5.32 Å². The molecule has 2 aromatic carbocycles. The number of quaternary nitrogens is 1. The third kappa shape index (κ3) is 9.63. The molecule has 326 valence electrons. The Hall–Kier alpha value is -5.26. The second-order valence-corrected chi connectivity index (χ2v) is 17.1. The van der Waals surface area contributed by atoms with E-state index in [1.807, 2.05) is 34.9 Å². The van der Waals surface area contributed by atoms with Gasteiger partial charge in [-0.05, 0) is 55.4 Å². The lowest BCUT2D eigenvalue weighted by atomic mass is 9.89. The third-order valence-corrected chi connectivity index (χ3v) is 12.8. The molecular formula is C44H53F3N7O7+. The van der Waals surface area contributed by atoms with Crippen LogP contribution in [-0.2, 0) is 25.6 Å². The number of carbonyl (C=O) groups is 4. The lowest BCUT2D eigenvalue weighted by Crippen LogP contribution is -2.52. The van der Waals surface area contributed by atoms with Gasteiger partial charge in [0.2, 0.25) is 0 Å². The van der Waals surface area contributed by atoms with E-state index >= 15 is 13.6 Å². The monoisotopic (exact) mass is 848 g/mol. The minimum atomic E-state index is -1.43. The van der Waals surface area contributed by atoms with E-state index in [1.165, 1.54) is 17.1 Å². The summed E-state index contributed by atoms with van der Waals surface area (Å²) >= 11 is 0. The number of unbranched alkanes of at least 4 members (excludes halogenated alkanes) is 3. The number of alkyl halides is 1. The van der Waals surface area contributed by atoms with Crippen LogP contribution in [0.4, 0.5) is 22.8 Å². The zero-order valence-corrected chi connectivity index (χ0v) is 34.0. The Morgan fingerprint density at radius 2 is 1.67 bits per heavy atom. The Bertz CT molecular complexity index is 2100. The average Bonchev–Trinajstić information content (AvgIpc) is 3.99. The molecule has 0 saturated carbocycles. The number of benzene rings is 2. The number of imidazole rings is 1. The molecule has 8 rings (SSSR count). The van der Waals surface area contributed by atoms with E-state index in [0.717, 1.165) is 36.6 Å². The van der Waals surface area contributed by atoms with Crippen molar-refractivity contribution in [2.24, 2.45) is 17.8 Å². The quantitative estimate of drug-likeness (QED) is 0.124.